The number of nitro groups is 4. The number of aliphatic hydroxyl groups is 2. The van der Waals surface area contributed by atoms with Crippen LogP contribution in [0.25, 0.3) is 0 Å². The number of nitrogens with zero attached hydrogens (tertiary/aromatic N) is 6. The van der Waals surface area contributed by atoms with Crippen LogP contribution in [0.4, 0.5) is 22.7 Å². The van der Waals surface area contributed by atoms with Crippen LogP contribution in [-0.4, -0.2) is 173 Å². The molecule has 0 aliphatic carbocycles. The Kier molecular flexibility index (Phi) is 30.5. The van der Waals surface area contributed by atoms with Crippen LogP contribution in [0.3, 0.4) is 0 Å². The Hall–Kier alpha value is -8.74. The number of nitro benzene ring substituents is 4. The molecule has 0 aliphatic rings. The molecule has 0 saturated carbocycles. The number of carbonyl (C=O) groups excluding carboxylic acids is 5. The summed E-state index contributed by atoms with van der Waals surface area (Å²) in [6, 6.07) is 20.7. The van der Waals surface area contributed by atoms with Gasteiger partial charge in [0.1, 0.15) is 12.3 Å². The van der Waals surface area contributed by atoms with E-state index < -0.39 is 67.7 Å². The number of hydrogen-bond donors (Lipinski definition) is 5. The van der Waals surface area contributed by atoms with E-state index in [4.69, 9.17) is 21.7 Å². The molecule has 7 N–H and O–H groups in total. The van der Waals surface area contributed by atoms with Crippen LogP contribution < -0.4 is 11.5 Å². The molecule has 0 heterocycles. The summed E-state index contributed by atoms with van der Waals surface area (Å²) in [6.07, 6.45) is 1.76. The SMILES string of the molecule is COC(=O)CN(CC(=O)OC)C(C=O)Cc1ccc([N+](=O)[O-])cc1.COC(=O)CN(CC(=O)OC)C(CO)Cc1ccc([N+](=O)[O-])cc1.NC(CO)Cc1ccc([N+](=O)[O-])cc1.NC(Cc1ccc([N+](=O)[O-])cc1)C(=O)O. The van der Waals surface area contributed by atoms with Crippen molar-refractivity contribution >= 4 is 58.9 Å². The minimum atomic E-state index is -1.09. The van der Waals surface area contributed by atoms with Gasteiger partial charge >= 0.3 is 29.8 Å². The maximum Gasteiger partial charge on any atom is 0.320 e. The van der Waals surface area contributed by atoms with Gasteiger partial charge in [0, 0.05) is 60.6 Å². The molecule has 0 spiro atoms. The summed E-state index contributed by atoms with van der Waals surface area (Å²) in [7, 11) is 4.85. The second kappa shape index (κ2) is 35.5. The van der Waals surface area contributed by atoms with Crippen LogP contribution in [0.2, 0.25) is 0 Å². The van der Waals surface area contributed by atoms with E-state index in [1.165, 1.54) is 111 Å². The number of aldehydes is 1. The van der Waals surface area contributed by atoms with Crippen LogP contribution in [0.5, 0.6) is 0 Å². The number of benzene rings is 4. The first-order chi connectivity index (χ1) is 36.4. The number of nitrogens with two attached hydrogens (primary N) is 2. The van der Waals surface area contributed by atoms with Crippen LogP contribution in [0, 0.1) is 40.5 Å². The predicted molar refractivity (Wildman–Crippen MR) is 270 cm³/mol. The van der Waals surface area contributed by atoms with Crippen molar-refractivity contribution in [1.29, 1.82) is 0 Å². The van der Waals surface area contributed by atoms with Crippen molar-refractivity contribution in [1.82, 2.24) is 9.80 Å². The van der Waals surface area contributed by atoms with E-state index in [-0.39, 0.29) is 81.0 Å². The molecular weight excluding hydrogens is 1020 g/mol. The Labute approximate surface area is 439 Å². The van der Waals surface area contributed by atoms with Gasteiger partial charge in [-0.15, -0.1) is 0 Å². The summed E-state index contributed by atoms with van der Waals surface area (Å²) in [5.74, 6) is -3.40. The number of rotatable bonds is 26. The molecule has 4 aromatic carbocycles. The van der Waals surface area contributed by atoms with Crippen molar-refractivity contribution in [3.05, 3.63) is 160 Å². The van der Waals surface area contributed by atoms with Crippen molar-refractivity contribution in [3.63, 3.8) is 0 Å². The minimum absolute atomic E-state index is 0.0253. The number of carboxylic acid groups (broad SMARTS) is 1. The third kappa shape index (κ3) is 25.9. The van der Waals surface area contributed by atoms with Crippen LogP contribution in [0.15, 0.2) is 97.1 Å². The first-order valence-corrected chi connectivity index (χ1v) is 22.6. The number of non-ortho nitro benzene ring substituents is 4. The third-order valence-corrected chi connectivity index (χ3v) is 10.6. The smallest absolute Gasteiger partial charge is 0.320 e. The number of aliphatic carboxylic acids is 1. The number of methoxy groups -OCH3 is 4. The minimum Gasteiger partial charge on any atom is -0.480 e. The number of hydrogen-bond acceptors (Lipinski definition) is 24. The fraction of sp³-hybridized carbons (Fsp3) is 0.375. The van der Waals surface area contributed by atoms with Gasteiger partial charge in [0.2, 0.25) is 0 Å². The van der Waals surface area contributed by atoms with Gasteiger partial charge in [-0.3, -0.25) is 74.2 Å². The van der Waals surface area contributed by atoms with Crippen LogP contribution >= 0.6 is 0 Å². The lowest BCUT2D eigenvalue weighted by molar-refractivity contribution is -0.385. The van der Waals surface area contributed by atoms with Gasteiger partial charge in [0.15, 0.2) is 0 Å². The summed E-state index contributed by atoms with van der Waals surface area (Å²) in [6.45, 7) is -1.31. The quantitative estimate of drug-likeness (QED) is 0.0195. The summed E-state index contributed by atoms with van der Waals surface area (Å²) >= 11 is 0. The highest BCUT2D eigenvalue weighted by Gasteiger charge is 2.26. The largest absolute Gasteiger partial charge is 0.480 e. The number of carboxylic acids is 1. The Morgan fingerprint density at radius 3 is 1.04 bits per heavy atom. The maximum atomic E-state index is 11.5. The molecule has 77 heavy (non-hydrogen) atoms. The molecular formula is C48H60N8O21. The standard InChI is InChI=1S/C15H20N2O7.C15H18N2O7.C9H10N2O4.C9H12N2O3/c2*1-23-14(19)8-16(9-15(20)24-2)13(10-18)7-11-3-5-12(6-4-11)17(21)22;10-8(9(12)13)5-6-1-3-7(4-2-6)11(14)15;10-8(6-12)5-7-1-3-9(4-2-7)11(13)14/h3-6,13,18H,7-10H2,1-2H3;3-6,10,13H,7-9H2,1-2H3;1-4,8H,5,10H2,(H,12,13);1-4,8,12H,5-6,10H2. The lowest BCUT2D eigenvalue weighted by Gasteiger charge is -2.28. The van der Waals surface area contributed by atoms with Crippen molar-refractivity contribution in [3.8, 4) is 0 Å². The van der Waals surface area contributed by atoms with Gasteiger partial charge in [-0.05, 0) is 47.9 Å². The highest BCUT2D eigenvalue weighted by atomic mass is 16.6. The van der Waals surface area contributed by atoms with E-state index in [1.54, 1.807) is 24.3 Å². The van der Waals surface area contributed by atoms with Gasteiger partial charge in [-0.1, -0.05) is 48.5 Å². The van der Waals surface area contributed by atoms with Gasteiger partial charge in [-0.2, -0.15) is 0 Å². The molecule has 29 heteroatoms. The van der Waals surface area contributed by atoms with E-state index in [0.717, 1.165) is 11.1 Å². The van der Waals surface area contributed by atoms with Gasteiger partial charge in [0.05, 0.1) is 93.6 Å². The fourth-order valence-corrected chi connectivity index (χ4v) is 6.34. The Bertz CT molecular complexity index is 2520. The van der Waals surface area contributed by atoms with Crippen molar-refractivity contribution in [2.45, 2.75) is 49.9 Å². The van der Waals surface area contributed by atoms with Gasteiger partial charge < -0.3 is 50.5 Å². The number of carbonyl (C=O) groups is 6. The van der Waals surface area contributed by atoms with Gasteiger partial charge in [-0.25, -0.2) is 0 Å². The highest BCUT2D eigenvalue weighted by Crippen LogP contribution is 2.18. The Morgan fingerprint density at radius 1 is 0.494 bits per heavy atom. The zero-order valence-corrected chi connectivity index (χ0v) is 42.2. The number of aliphatic hydroxyl groups excluding tert-OH is 2. The van der Waals surface area contributed by atoms with E-state index in [2.05, 4.69) is 18.9 Å². The fourth-order valence-electron chi connectivity index (χ4n) is 6.34. The van der Waals surface area contributed by atoms with Crippen LogP contribution in [-0.2, 0) is 73.4 Å². The van der Waals surface area contributed by atoms with E-state index in [9.17, 15) is 74.3 Å². The van der Waals surface area contributed by atoms with Crippen LogP contribution in [0.1, 0.15) is 22.3 Å². The van der Waals surface area contributed by atoms with Crippen molar-refractivity contribution in [2.75, 3.05) is 67.8 Å². The number of esters is 4. The highest BCUT2D eigenvalue weighted by molar-refractivity contribution is 5.77. The molecule has 4 aromatic rings. The Balaban J connectivity index is 0.000000527. The summed E-state index contributed by atoms with van der Waals surface area (Å²) in [5.41, 5.74) is 13.7. The second-order valence-electron chi connectivity index (χ2n) is 16.1. The zero-order valence-electron chi connectivity index (χ0n) is 42.2. The van der Waals surface area contributed by atoms with Crippen molar-refractivity contribution in [2.24, 2.45) is 11.5 Å². The third-order valence-electron chi connectivity index (χ3n) is 10.6. The first kappa shape index (κ1) is 66.3. The summed E-state index contributed by atoms with van der Waals surface area (Å²) in [4.78, 5) is 111. The molecule has 0 aliphatic heterocycles. The molecule has 4 atom stereocenters. The lowest BCUT2D eigenvalue weighted by atomic mass is 10.0. The zero-order chi connectivity index (χ0) is 58.2. The molecule has 0 fully saturated rings. The average molecular weight is 1090 g/mol. The monoisotopic (exact) mass is 1080 g/mol. The molecule has 0 radical (unpaired) electrons. The molecule has 0 aromatic heterocycles. The average Bonchev–Trinajstić information content (AvgIpc) is 3.41. The Morgan fingerprint density at radius 2 is 0.779 bits per heavy atom. The molecule has 0 saturated heterocycles. The second-order valence-corrected chi connectivity index (χ2v) is 16.1. The molecule has 29 nitrogen and oxygen atoms in total. The lowest BCUT2D eigenvalue weighted by Crippen LogP contribution is -2.45. The normalized spacial score (nSPS) is 11.9. The van der Waals surface area contributed by atoms with E-state index in [0.29, 0.717) is 30.3 Å². The summed E-state index contributed by atoms with van der Waals surface area (Å²) < 4.78 is 18.3. The molecule has 4 rings (SSSR count). The van der Waals surface area contributed by atoms with Gasteiger partial charge in [0.25, 0.3) is 22.7 Å². The molecule has 0 bridgehead atoms. The topological polar surface area (TPSA) is 431 Å². The number of ether oxygens (including phenoxy) is 4. The van der Waals surface area contributed by atoms with E-state index in [1.807, 2.05) is 0 Å². The maximum absolute atomic E-state index is 11.5. The molecule has 418 valence electrons. The first-order valence-electron chi connectivity index (χ1n) is 22.6. The van der Waals surface area contributed by atoms with Crippen molar-refractivity contribution < 1.29 is 82.7 Å². The summed E-state index contributed by atoms with van der Waals surface area (Å²) in [5, 5.41) is 68.8. The predicted octanol–water partition coefficient (Wildman–Crippen LogP) is 1.51. The molecule has 0 amide bonds. The van der Waals surface area contributed by atoms with E-state index >= 15 is 0 Å². The molecule has 4 unspecified atom stereocenters.